The van der Waals surface area contributed by atoms with Gasteiger partial charge in [-0.3, -0.25) is 9.79 Å². The minimum atomic E-state index is -0.405. The fourth-order valence-corrected chi connectivity index (χ4v) is 4.06. The van der Waals surface area contributed by atoms with E-state index >= 15 is 0 Å². The first-order chi connectivity index (χ1) is 9.10. The van der Waals surface area contributed by atoms with E-state index in [4.69, 9.17) is 9.47 Å². The van der Waals surface area contributed by atoms with Crippen molar-refractivity contribution in [2.45, 2.75) is 43.8 Å². The molecule has 2 unspecified atom stereocenters. The predicted octanol–water partition coefficient (Wildman–Crippen LogP) is 1.27. The number of carbonyl (C=O) groups is 1. The summed E-state index contributed by atoms with van der Waals surface area (Å²) < 4.78 is 11.4. The molecule has 0 saturated carbocycles. The summed E-state index contributed by atoms with van der Waals surface area (Å²) in [6, 6.07) is 0.0902. The molecule has 0 aromatic carbocycles. The number of thioether (sulfide) groups is 1. The average molecular weight is 284 g/mol. The summed E-state index contributed by atoms with van der Waals surface area (Å²) in [4.78, 5) is 18.9. The van der Waals surface area contributed by atoms with Crippen LogP contribution in [0.1, 0.15) is 26.7 Å². The van der Waals surface area contributed by atoms with Crippen LogP contribution in [0.4, 0.5) is 0 Å². The number of amides is 1. The number of likely N-dealkylation sites (tertiary alicyclic amines) is 1. The highest BCUT2D eigenvalue weighted by Crippen LogP contribution is 2.34. The average Bonchev–Trinajstić information content (AvgIpc) is 2.97. The zero-order valence-corrected chi connectivity index (χ0v) is 12.2. The van der Waals surface area contributed by atoms with Crippen LogP contribution in [0.3, 0.4) is 0 Å². The van der Waals surface area contributed by atoms with Crippen LogP contribution in [0.15, 0.2) is 4.99 Å². The molecule has 0 N–H and O–H groups in total. The van der Waals surface area contributed by atoms with Crippen LogP contribution in [-0.2, 0) is 14.3 Å². The third-order valence-electron chi connectivity index (χ3n) is 4.01. The number of piperidine rings is 1. The van der Waals surface area contributed by atoms with E-state index in [2.05, 4.69) is 4.99 Å². The Labute approximate surface area is 117 Å². The molecule has 0 bridgehead atoms. The Morgan fingerprint density at radius 1 is 1.37 bits per heavy atom. The van der Waals surface area contributed by atoms with Crippen molar-refractivity contribution in [3.63, 3.8) is 0 Å². The zero-order chi connectivity index (χ0) is 13.5. The van der Waals surface area contributed by atoms with E-state index in [9.17, 15) is 4.79 Å². The Morgan fingerprint density at radius 2 is 2.00 bits per heavy atom. The second kappa shape index (κ2) is 5.07. The van der Waals surface area contributed by atoms with Gasteiger partial charge < -0.3 is 14.4 Å². The molecule has 3 aliphatic heterocycles. The van der Waals surface area contributed by atoms with Gasteiger partial charge in [-0.15, -0.1) is 0 Å². The summed E-state index contributed by atoms with van der Waals surface area (Å²) in [6.07, 6.45) is 1.56. The fourth-order valence-electron chi connectivity index (χ4n) is 2.96. The molecule has 2 saturated heterocycles. The molecular formula is C13H20N2O3S. The van der Waals surface area contributed by atoms with Gasteiger partial charge in [0.25, 0.3) is 0 Å². The van der Waals surface area contributed by atoms with Gasteiger partial charge in [0.1, 0.15) is 5.25 Å². The number of aliphatic imine (C=N–C) groups is 1. The fraction of sp³-hybridized carbons (Fsp3) is 0.846. The lowest BCUT2D eigenvalue weighted by molar-refractivity contribution is -0.187. The molecule has 0 aromatic heterocycles. The highest BCUT2D eigenvalue weighted by Gasteiger charge is 2.43. The van der Waals surface area contributed by atoms with Gasteiger partial charge >= 0.3 is 0 Å². The van der Waals surface area contributed by atoms with Crippen molar-refractivity contribution in [3.05, 3.63) is 0 Å². The van der Waals surface area contributed by atoms with E-state index in [1.54, 1.807) is 11.8 Å². The molecule has 0 aromatic rings. The van der Waals surface area contributed by atoms with E-state index in [0.29, 0.717) is 13.2 Å². The molecule has 2 fully saturated rings. The predicted molar refractivity (Wildman–Crippen MR) is 74.4 cm³/mol. The Morgan fingerprint density at radius 3 is 2.53 bits per heavy atom. The largest absolute Gasteiger partial charge is 0.347 e. The molecule has 3 aliphatic rings. The molecule has 3 rings (SSSR count). The first-order valence-corrected chi connectivity index (χ1v) is 7.75. The van der Waals surface area contributed by atoms with Crippen molar-refractivity contribution in [1.82, 2.24) is 4.90 Å². The zero-order valence-electron chi connectivity index (χ0n) is 11.4. The lowest BCUT2D eigenvalue weighted by atomic mass is 10.0. The molecule has 0 aliphatic carbocycles. The van der Waals surface area contributed by atoms with Gasteiger partial charge in [-0.25, -0.2) is 0 Å². The van der Waals surface area contributed by atoms with Crippen molar-refractivity contribution in [2.24, 2.45) is 4.99 Å². The normalized spacial score (nSPS) is 33.8. The van der Waals surface area contributed by atoms with Gasteiger partial charge in [0, 0.05) is 25.9 Å². The topological polar surface area (TPSA) is 51.1 Å². The summed E-state index contributed by atoms with van der Waals surface area (Å²) in [5.41, 5.74) is 0. The van der Waals surface area contributed by atoms with E-state index in [1.165, 1.54) is 0 Å². The molecule has 106 valence electrons. The second-order valence-electron chi connectivity index (χ2n) is 5.36. The smallest absolute Gasteiger partial charge is 0.238 e. The molecule has 5 nitrogen and oxygen atoms in total. The van der Waals surface area contributed by atoms with Crippen LogP contribution >= 0.6 is 11.8 Å². The van der Waals surface area contributed by atoms with Crippen molar-refractivity contribution in [3.8, 4) is 0 Å². The van der Waals surface area contributed by atoms with Gasteiger partial charge in [-0.05, 0) is 13.8 Å². The van der Waals surface area contributed by atoms with Crippen molar-refractivity contribution in [2.75, 3.05) is 26.3 Å². The number of carbonyl (C=O) groups excluding carboxylic acids is 1. The SMILES string of the molecule is CC1=NC(C)C(C(=O)N2CCC3(CC2)OCCO3)S1. The maximum Gasteiger partial charge on any atom is 0.238 e. The van der Waals surface area contributed by atoms with Crippen LogP contribution in [0, 0.1) is 0 Å². The Bertz CT molecular complexity index is 397. The molecule has 1 amide bonds. The summed E-state index contributed by atoms with van der Waals surface area (Å²) in [6.45, 7) is 6.79. The number of hydrogen-bond donors (Lipinski definition) is 0. The maximum absolute atomic E-state index is 12.5. The van der Waals surface area contributed by atoms with Crippen LogP contribution in [0.5, 0.6) is 0 Å². The van der Waals surface area contributed by atoms with Gasteiger partial charge in [0.15, 0.2) is 5.79 Å². The van der Waals surface area contributed by atoms with Gasteiger partial charge in [-0.2, -0.15) is 0 Å². The molecular weight excluding hydrogens is 264 g/mol. The molecule has 0 radical (unpaired) electrons. The quantitative estimate of drug-likeness (QED) is 0.728. The molecule has 1 spiro atoms. The minimum Gasteiger partial charge on any atom is -0.347 e. The summed E-state index contributed by atoms with van der Waals surface area (Å²) in [5.74, 6) is -0.191. The van der Waals surface area contributed by atoms with Gasteiger partial charge in [0.05, 0.1) is 24.3 Å². The van der Waals surface area contributed by atoms with E-state index in [0.717, 1.165) is 31.0 Å². The van der Waals surface area contributed by atoms with E-state index < -0.39 is 5.79 Å². The molecule has 6 heteroatoms. The van der Waals surface area contributed by atoms with Crippen LogP contribution in [0.25, 0.3) is 0 Å². The Kier molecular flexibility index (Phi) is 3.57. The van der Waals surface area contributed by atoms with Crippen molar-refractivity contribution < 1.29 is 14.3 Å². The first-order valence-electron chi connectivity index (χ1n) is 6.87. The lowest BCUT2D eigenvalue weighted by Gasteiger charge is -2.38. The third kappa shape index (κ3) is 2.53. The van der Waals surface area contributed by atoms with Crippen LogP contribution in [0.2, 0.25) is 0 Å². The third-order valence-corrected chi connectivity index (χ3v) is 5.31. The summed E-state index contributed by atoms with van der Waals surface area (Å²) in [7, 11) is 0. The van der Waals surface area contributed by atoms with E-state index in [1.807, 2.05) is 18.7 Å². The highest BCUT2D eigenvalue weighted by molar-refractivity contribution is 8.15. The van der Waals surface area contributed by atoms with Gasteiger partial charge in [-0.1, -0.05) is 11.8 Å². The number of hydrogen-bond acceptors (Lipinski definition) is 5. The van der Waals surface area contributed by atoms with Gasteiger partial charge in [0.2, 0.25) is 5.91 Å². The monoisotopic (exact) mass is 284 g/mol. The molecule has 19 heavy (non-hydrogen) atoms. The van der Waals surface area contributed by atoms with Crippen LogP contribution < -0.4 is 0 Å². The van der Waals surface area contributed by atoms with Crippen molar-refractivity contribution >= 4 is 22.7 Å². The van der Waals surface area contributed by atoms with E-state index in [-0.39, 0.29) is 17.2 Å². The second-order valence-corrected chi connectivity index (χ2v) is 6.69. The minimum absolute atomic E-state index is 0.0422. The Hall–Kier alpha value is -0.590. The summed E-state index contributed by atoms with van der Waals surface area (Å²) in [5, 5.41) is 0.973. The number of ether oxygens (including phenoxy) is 2. The van der Waals surface area contributed by atoms with Crippen LogP contribution in [-0.4, -0.2) is 59.2 Å². The Balaban J connectivity index is 1.58. The lowest BCUT2D eigenvalue weighted by Crippen LogP contribution is -2.50. The number of rotatable bonds is 1. The first kappa shape index (κ1) is 13.4. The highest BCUT2D eigenvalue weighted by atomic mass is 32.2. The maximum atomic E-state index is 12.5. The molecule has 2 atom stereocenters. The summed E-state index contributed by atoms with van der Waals surface area (Å²) >= 11 is 1.60. The molecule has 3 heterocycles. The standard InChI is InChI=1S/C13H20N2O3S/c1-9-11(19-10(2)14-9)12(16)15-5-3-13(4-6-15)17-7-8-18-13/h9,11H,3-8H2,1-2H3. The van der Waals surface area contributed by atoms with Crippen molar-refractivity contribution in [1.29, 1.82) is 0 Å². The number of nitrogens with zero attached hydrogens (tertiary/aromatic N) is 2.